The number of halogens is 1. The third-order valence-electron chi connectivity index (χ3n) is 3.09. The van der Waals surface area contributed by atoms with Gasteiger partial charge in [0.1, 0.15) is 5.54 Å². The Labute approximate surface area is 127 Å². The molecule has 2 amide bonds. The summed E-state index contributed by atoms with van der Waals surface area (Å²) in [5, 5.41) is 14.3. The molecular formula is C14H17ClN2O4. The van der Waals surface area contributed by atoms with E-state index in [2.05, 4.69) is 10.6 Å². The van der Waals surface area contributed by atoms with E-state index in [9.17, 15) is 14.4 Å². The van der Waals surface area contributed by atoms with Gasteiger partial charge >= 0.3 is 5.97 Å². The molecule has 7 heteroatoms. The molecular weight excluding hydrogens is 296 g/mol. The molecule has 1 atom stereocenters. The monoisotopic (exact) mass is 312 g/mol. The summed E-state index contributed by atoms with van der Waals surface area (Å²) in [5.41, 5.74) is -1.02. The first-order chi connectivity index (χ1) is 9.78. The Morgan fingerprint density at radius 3 is 2.52 bits per heavy atom. The zero-order valence-electron chi connectivity index (χ0n) is 11.8. The van der Waals surface area contributed by atoms with Crippen molar-refractivity contribution >= 4 is 29.4 Å². The smallest absolute Gasteiger partial charge is 0.329 e. The molecule has 0 aromatic heterocycles. The lowest BCUT2D eigenvalue weighted by Gasteiger charge is -2.24. The zero-order chi connectivity index (χ0) is 16.0. The maximum Gasteiger partial charge on any atom is 0.329 e. The lowest BCUT2D eigenvalue weighted by Crippen LogP contribution is -2.54. The van der Waals surface area contributed by atoms with Crippen molar-refractivity contribution in [1.82, 2.24) is 10.6 Å². The minimum Gasteiger partial charge on any atom is -0.480 e. The van der Waals surface area contributed by atoms with Crippen LogP contribution in [0.1, 0.15) is 30.6 Å². The van der Waals surface area contributed by atoms with Gasteiger partial charge in [0.05, 0.1) is 6.54 Å². The molecule has 0 saturated carbocycles. The lowest BCUT2D eigenvalue weighted by molar-refractivity contribution is -0.146. The van der Waals surface area contributed by atoms with Crippen LogP contribution in [0.3, 0.4) is 0 Å². The van der Waals surface area contributed by atoms with Crippen molar-refractivity contribution in [2.24, 2.45) is 0 Å². The molecule has 0 heterocycles. The predicted octanol–water partition coefficient (Wildman–Crippen LogP) is 1.44. The topological polar surface area (TPSA) is 95.5 Å². The van der Waals surface area contributed by atoms with Crippen LogP contribution in [0.5, 0.6) is 0 Å². The van der Waals surface area contributed by atoms with Crippen molar-refractivity contribution in [3.63, 3.8) is 0 Å². The molecule has 0 spiro atoms. The first-order valence-electron chi connectivity index (χ1n) is 6.36. The van der Waals surface area contributed by atoms with E-state index < -0.39 is 23.3 Å². The number of rotatable bonds is 6. The summed E-state index contributed by atoms with van der Waals surface area (Å²) >= 11 is 5.77. The number of carboxylic acid groups (broad SMARTS) is 1. The Morgan fingerprint density at radius 2 is 2.00 bits per heavy atom. The lowest BCUT2D eigenvalue weighted by atomic mass is 9.99. The maximum absolute atomic E-state index is 11.8. The predicted molar refractivity (Wildman–Crippen MR) is 78.3 cm³/mol. The Hall–Kier alpha value is -2.08. The number of carbonyl (C=O) groups excluding carboxylic acids is 2. The summed E-state index contributed by atoms with van der Waals surface area (Å²) in [6, 6.07) is 6.29. The molecule has 0 aliphatic carbocycles. The van der Waals surface area contributed by atoms with Crippen LogP contribution in [0.25, 0.3) is 0 Å². The van der Waals surface area contributed by atoms with Gasteiger partial charge in [-0.2, -0.15) is 0 Å². The minimum absolute atomic E-state index is 0.232. The molecule has 6 nitrogen and oxygen atoms in total. The second-order valence-corrected chi connectivity index (χ2v) is 5.17. The van der Waals surface area contributed by atoms with E-state index in [0.717, 1.165) is 0 Å². The van der Waals surface area contributed by atoms with Crippen LogP contribution < -0.4 is 10.6 Å². The van der Waals surface area contributed by atoms with Crippen molar-refractivity contribution in [3.05, 3.63) is 34.9 Å². The van der Waals surface area contributed by atoms with E-state index in [0.29, 0.717) is 10.6 Å². The third kappa shape index (κ3) is 4.75. The molecule has 0 aliphatic rings. The number of amides is 2. The van der Waals surface area contributed by atoms with Crippen molar-refractivity contribution in [2.45, 2.75) is 25.8 Å². The molecule has 21 heavy (non-hydrogen) atoms. The van der Waals surface area contributed by atoms with E-state index >= 15 is 0 Å². The molecule has 0 fully saturated rings. The highest BCUT2D eigenvalue weighted by molar-refractivity contribution is 6.30. The molecule has 1 rings (SSSR count). The fourth-order valence-corrected chi connectivity index (χ4v) is 1.73. The van der Waals surface area contributed by atoms with Gasteiger partial charge in [0.2, 0.25) is 5.91 Å². The van der Waals surface area contributed by atoms with E-state index in [1.54, 1.807) is 25.1 Å². The molecule has 0 bridgehead atoms. The Bertz CT molecular complexity index is 562. The average molecular weight is 313 g/mol. The second kappa shape index (κ2) is 7.08. The Balaban J connectivity index is 2.57. The van der Waals surface area contributed by atoms with Crippen molar-refractivity contribution in [1.29, 1.82) is 0 Å². The van der Waals surface area contributed by atoms with E-state index in [1.165, 1.54) is 13.0 Å². The summed E-state index contributed by atoms with van der Waals surface area (Å²) < 4.78 is 0. The Kier molecular flexibility index (Phi) is 5.72. The number of benzene rings is 1. The molecule has 1 aromatic carbocycles. The van der Waals surface area contributed by atoms with Crippen LogP contribution in [0, 0.1) is 0 Å². The van der Waals surface area contributed by atoms with Gasteiger partial charge in [-0.3, -0.25) is 9.59 Å². The molecule has 0 aliphatic heterocycles. The normalized spacial score (nSPS) is 13.1. The van der Waals surface area contributed by atoms with Gasteiger partial charge in [0.15, 0.2) is 0 Å². The second-order valence-electron chi connectivity index (χ2n) is 4.73. The van der Waals surface area contributed by atoms with Gasteiger partial charge in [-0.15, -0.1) is 0 Å². The van der Waals surface area contributed by atoms with Crippen LogP contribution >= 0.6 is 11.6 Å². The first kappa shape index (κ1) is 17.0. The number of carbonyl (C=O) groups is 3. The number of hydrogen-bond donors (Lipinski definition) is 3. The van der Waals surface area contributed by atoms with Crippen LogP contribution in [-0.2, 0) is 9.59 Å². The fraction of sp³-hybridized carbons (Fsp3) is 0.357. The van der Waals surface area contributed by atoms with Crippen LogP contribution in [0.2, 0.25) is 5.02 Å². The third-order valence-corrected chi connectivity index (χ3v) is 3.33. The average Bonchev–Trinajstić information content (AvgIpc) is 2.44. The molecule has 1 unspecified atom stereocenters. The van der Waals surface area contributed by atoms with Crippen molar-refractivity contribution in [2.75, 3.05) is 6.54 Å². The van der Waals surface area contributed by atoms with Gasteiger partial charge in [-0.1, -0.05) is 24.6 Å². The zero-order valence-corrected chi connectivity index (χ0v) is 12.5. The highest BCUT2D eigenvalue weighted by atomic mass is 35.5. The summed E-state index contributed by atoms with van der Waals surface area (Å²) in [5.74, 6) is -2.15. The summed E-state index contributed by atoms with van der Waals surface area (Å²) in [7, 11) is 0. The largest absolute Gasteiger partial charge is 0.480 e. The first-order valence-corrected chi connectivity index (χ1v) is 6.74. The number of hydrogen-bond acceptors (Lipinski definition) is 3. The van der Waals surface area contributed by atoms with Gasteiger partial charge in [0, 0.05) is 10.6 Å². The summed E-state index contributed by atoms with van der Waals surface area (Å²) in [4.78, 5) is 34.6. The summed E-state index contributed by atoms with van der Waals surface area (Å²) in [6.45, 7) is 2.75. The standard InChI is InChI=1S/C14H17ClN2O4/c1-3-14(2,13(20)21)17-11(18)8-16-12(19)9-5-4-6-10(15)7-9/h4-7H,3,8H2,1-2H3,(H,16,19)(H,17,18)(H,20,21). The molecule has 0 radical (unpaired) electrons. The van der Waals surface area contributed by atoms with Crippen molar-refractivity contribution in [3.8, 4) is 0 Å². The summed E-state index contributed by atoms with van der Waals surface area (Å²) in [6.07, 6.45) is 0.232. The van der Waals surface area contributed by atoms with Gasteiger partial charge in [0.25, 0.3) is 5.91 Å². The molecule has 1 aromatic rings. The van der Waals surface area contributed by atoms with Gasteiger partial charge < -0.3 is 15.7 Å². The van der Waals surface area contributed by atoms with E-state index in [4.69, 9.17) is 16.7 Å². The SMILES string of the molecule is CCC(C)(NC(=O)CNC(=O)c1cccc(Cl)c1)C(=O)O. The van der Waals surface area contributed by atoms with E-state index in [-0.39, 0.29) is 13.0 Å². The van der Waals surface area contributed by atoms with Gasteiger partial charge in [-0.25, -0.2) is 4.79 Å². The van der Waals surface area contributed by atoms with Crippen LogP contribution in [0.15, 0.2) is 24.3 Å². The number of aliphatic carboxylic acids is 1. The molecule has 3 N–H and O–H groups in total. The highest BCUT2D eigenvalue weighted by Crippen LogP contribution is 2.10. The molecule has 114 valence electrons. The fourth-order valence-electron chi connectivity index (χ4n) is 1.54. The Morgan fingerprint density at radius 1 is 1.33 bits per heavy atom. The number of carboxylic acids is 1. The quantitative estimate of drug-likeness (QED) is 0.740. The maximum atomic E-state index is 11.8. The number of nitrogens with one attached hydrogen (secondary N) is 2. The van der Waals surface area contributed by atoms with Gasteiger partial charge in [-0.05, 0) is 31.5 Å². The molecule has 0 saturated heterocycles. The van der Waals surface area contributed by atoms with E-state index in [1.807, 2.05) is 0 Å². The minimum atomic E-state index is -1.35. The van der Waals surface area contributed by atoms with Crippen molar-refractivity contribution < 1.29 is 19.5 Å². The highest BCUT2D eigenvalue weighted by Gasteiger charge is 2.32. The van der Waals surface area contributed by atoms with Crippen LogP contribution in [0.4, 0.5) is 0 Å². The van der Waals surface area contributed by atoms with Crippen LogP contribution in [-0.4, -0.2) is 35.0 Å².